The summed E-state index contributed by atoms with van der Waals surface area (Å²) in [6.07, 6.45) is 1.09. The molecule has 0 aliphatic heterocycles. The van der Waals surface area contributed by atoms with Crippen LogP contribution in [0.1, 0.15) is 31.9 Å². The molecule has 0 saturated heterocycles. The van der Waals surface area contributed by atoms with Crippen molar-refractivity contribution in [2.75, 3.05) is 0 Å². The SMILES string of the molecule is CCc1cccc(-c2cccc(CNC(C)C)c2)c1. The Morgan fingerprint density at radius 3 is 2.05 bits per heavy atom. The van der Waals surface area contributed by atoms with Crippen LogP contribution in [0.4, 0.5) is 0 Å². The van der Waals surface area contributed by atoms with Gasteiger partial charge in [-0.15, -0.1) is 0 Å². The van der Waals surface area contributed by atoms with Crippen LogP contribution in [0.25, 0.3) is 11.1 Å². The summed E-state index contributed by atoms with van der Waals surface area (Å²) in [4.78, 5) is 0. The minimum absolute atomic E-state index is 0.520. The first-order valence-electron chi connectivity index (χ1n) is 7.10. The number of benzene rings is 2. The molecule has 0 fully saturated rings. The highest BCUT2D eigenvalue weighted by Gasteiger charge is 2.01. The average molecular weight is 253 g/mol. The van der Waals surface area contributed by atoms with Gasteiger partial charge in [-0.2, -0.15) is 0 Å². The van der Waals surface area contributed by atoms with Gasteiger partial charge in [0.1, 0.15) is 0 Å². The molecule has 19 heavy (non-hydrogen) atoms. The average Bonchev–Trinajstić information content (AvgIpc) is 2.45. The predicted molar refractivity (Wildman–Crippen MR) is 83.2 cm³/mol. The maximum Gasteiger partial charge on any atom is 0.0208 e. The highest BCUT2D eigenvalue weighted by atomic mass is 14.9. The standard InChI is InChI=1S/C18H23N/c1-4-15-7-5-9-17(11-15)18-10-6-8-16(12-18)13-19-14(2)3/h5-12,14,19H,4,13H2,1-3H3. The summed E-state index contributed by atoms with van der Waals surface area (Å²) in [5, 5.41) is 3.46. The maximum absolute atomic E-state index is 3.46. The van der Waals surface area contributed by atoms with E-state index < -0.39 is 0 Å². The summed E-state index contributed by atoms with van der Waals surface area (Å²) < 4.78 is 0. The van der Waals surface area contributed by atoms with Gasteiger partial charge >= 0.3 is 0 Å². The molecule has 0 aliphatic rings. The highest BCUT2D eigenvalue weighted by Crippen LogP contribution is 2.21. The molecule has 0 aliphatic carbocycles. The lowest BCUT2D eigenvalue weighted by molar-refractivity contribution is 0.589. The molecule has 0 saturated carbocycles. The topological polar surface area (TPSA) is 12.0 Å². The van der Waals surface area contributed by atoms with Crippen LogP contribution in [0.5, 0.6) is 0 Å². The fourth-order valence-electron chi connectivity index (χ4n) is 2.15. The van der Waals surface area contributed by atoms with E-state index >= 15 is 0 Å². The molecule has 0 aromatic heterocycles. The van der Waals surface area contributed by atoms with Crippen LogP contribution in [0.2, 0.25) is 0 Å². The van der Waals surface area contributed by atoms with Gasteiger partial charge in [0.15, 0.2) is 0 Å². The molecule has 1 heteroatoms. The van der Waals surface area contributed by atoms with E-state index in [0.29, 0.717) is 6.04 Å². The van der Waals surface area contributed by atoms with Crippen molar-refractivity contribution in [1.29, 1.82) is 0 Å². The molecule has 2 rings (SSSR count). The predicted octanol–water partition coefficient (Wildman–Crippen LogP) is 4.41. The third kappa shape index (κ3) is 3.93. The van der Waals surface area contributed by atoms with Crippen molar-refractivity contribution in [3.63, 3.8) is 0 Å². The summed E-state index contributed by atoms with van der Waals surface area (Å²) in [7, 11) is 0. The minimum atomic E-state index is 0.520. The zero-order valence-corrected chi connectivity index (χ0v) is 12.1. The monoisotopic (exact) mass is 253 g/mol. The van der Waals surface area contributed by atoms with Crippen molar-refractivity contribution in [2.24, 2.45) is 0 Å². The molecule has 0 spiro atoms. The van der Waals surface area contributed by atoms with E-state index in [9.17, 15) is 0 Å². The van der Waals surface area contributed by atoms with Crippen molar-refractivity contribution in [2.45, 2.75) is 39.8 Å². The zero-order valence-electron chi connectivity index (χ0n) is 12.1. The Hall–Kier alpha value is -1.60. The number of hydrogen-bond acceptors (Lipinski definition) is 1. The van der Waals surface area contributed by atoms with Crippen LogP contribution in [0.15, 0.2) is 48.5 Å². The molecule has 2 aromatic carbocycles. The lowest BCUT2D eigenvalue weighted by Crippen LogP contribution is -2.21. The summed E-state index contributed by atoms with van der Waals surface area (Å²) in [5.74, 6) is 0. The largest absolute Gasteiger partial charge is 0.310 e. The van der Waals surface area contributed by atoms with Crippen LogP contribution in [-0.4, -0.2) is 6.04 Å². The van der Waals surface area contributed by atoms with Gasteiger partial charge in [0.2, 0.25) is 0 Å². The van der Waals surface area contributed by atoms with Gasteiger partial charge in [-0.25, -0.2) is 0 Å². The molecule has 0 atom stereocenters. The van der Waals surface area contributed by atoms with E-state index in [0.717, 1.165) is 13.0 Å². The lowest BCUT2D eigenvalue weighted by Gasteiger charge is -2.10. The molecule has 0 unspecified atom stereocenters. The second-order valence-corrected chi connectivity index (χ2v) is 5.29. The minimum Gasteiger partial charge on any atom is -0.310 e. The van der Waals surface area contributed by atoms with E-state index in [1.807, 2.05) is 0 Å². The quantitative estimate of drug-likeness (QED) is 0.832. The molecular formula is C18H23N. The van der Waals surface area contributed by atoms with Gasteiger partial charge in [0.25, 0.3) is 0 Å². The van der Waals surface area contributed by atoms with E-state index in [4.69, 9.17) is 0 Å². The first kappa shape index (κ1) is 13.8. The normalized spacial score (nSPS) is 10.9. The van der Waals surface area contributed by atoms with E-state index in [1.54, 1.807) is 0 Å². The molecule has 0 amide bonds. The lowest BCUT2D eigenvalue weighted by atomic mass is 10.0. The van der Waals surface area contributed by atoms with Crippen molar-refractivity contribution in [3.05, 3.63) is 59.7 Å². The fourth-order valence-corrected chi connectivity index (χ4v) is 2.15. The number of hydrogen-bond donors (Lipinski definition) is 1. The van der Waals surface area contributed by atoms with Gasteiger partial charge in [-0.05, 0) is 34.7 Å². The second-order valence-electron chi connectivity index (χ2n) is 5.29. The highest BCUT2D eigenvalue weighted by molar-refractivity contribution is 5.64. The molecule has 1 N–H and O–H groups in total. The van der Waals surface area contributed by atoms with Crippen molar-refractivity contribution < 1.29 is 0 Å². The Kier molecular flexibility index (Phi) is 4.75. The Bertz CT molecular complexity index is 529. The number of aryl methyl sites for hydroxylation is 1. The Morgan fingerprint density at radius 1 is 0.895 bits per heavy atom. The van der Waals surface area contributed by atoms with Crippen LogP contribution >= 0.6 is 0 Å². The summed E-state index contributed by atoms with van der Waals surface area (Å²) >= 11 is 0. The zero-order chi connectivity index (χ0) is 13.7. The molecular weight excluding hydrogens is 230 g/mol. The smallest absolute Gasteiger partial charge is 0.0208 e. The molecule has 100 valence electrons. The number of rotatable bonds is 5. The molecule has 2 aromatic rings. The van der Waals surface area contributed by atoms with Gasteiger partial charge in [0.05, 0.1) is 0 Å². The number of nitrogens with one attached hydrogen (secondary N) is 1. The Morgan fingerprint density at radius 2 is 1.47 bits per heavy atom. The first-order valence-corrected chi connectivity index (χ1v) is 7.10. The third-order valence-electron chi connectivity index (χ3n) is 3.31. The maximum atomic E-state index is 3.46. The van der Waals surface area contributed by atoms with Crippen molar-refractivity contribution in [3.8, 4) is 11.1 Å². The van der Waals surface area contributed by atoms with E-state index in [1.165, 1.54) is 22.3 Å². The van der Waals surface area contributed by atoms with E-state index in [2.05, 4.69) is 74.6 Å². The third-order valence-corrected chi connectivity index (χ3v) is 3.31. The van der Waals surface area contributed by atoms with Gasteiger partial charge in [0, 0.05) is 12.6 Å². The van der Waals surface area contributed by atoms with Crippen LogP contribution in [0.3, 0.4) is 0 Å². The van der Waals surface area contributed by atoms with Gasteiger partial charge in [-0.1, -0.05) is 63.2 Å². The Labute approximate surface area is 116 Å². The van der Waals surface area contributed by atoms with Crippen LogP contribution in [-0.2, 0) is 13.0 Å². The first-order chi connectivity index (χ1) is 9.19. The molecule has 0 heterocycles. The van der Waals surface area contributed by atoms with Crippen molar-refractivity contribution >= 4 is 0 Å². The molecule has 0 bridgehead atoms. The summed E-state index contributed by atoms with van der Waals surface area (Å²) in [6, 6.07) is 18.1. The molecule has 0 radical (unpaired) electrons. The fraction of sp³-hybridized carbons (Fsp3) is 0.333. The second kappa shape index (κ2) is 6.53. The van der Waals surface area contributed by atoms with Gasteiger partial charge < -0.3 is 5.32 Å². The van der Waals surface area contributed by atoms with Gasteiger partial charge in [-0.3, -0.25) is 0 Å². The summed E-state index contributed by atoms with van der Waals surface area (Å²) in [6.45, 7) is 7.48. The van der Waals surface area contributed by atoms with Crippen molar-refractivity contribution in [1.82, 2.24) is 5.32 Å². The summed E-state index contributed by atoms with van der Waals surface area (Å²) in [5.41, 5.74) is 5.35. The van der Waals surface area contributed by atoms with E-state index in [-0.39, 0.29) is 0 Å². The Balaban J connectivity index is 2.22. The molecule has 1 nitrogen and oxygen atoms in total. The van der Waals surface area contributed by atoms with Crippen LogP contribution < -0.4 is 5.32 Å². The van der Waals surface area contributed by atoms with Crippen LogP contribution in [0, 0.1) is 0 Å².